The van der Waals surface area contributed by atoms with Crippen molar-refractivity contribution in [2.75, 3.05) is 13.1 Å². The number of urea groups is 1. The van der Waals surface area contributed by atoms with E-state index in [0.717, 1.165) is 16.7 Å². The van der Waals surface area contributed by atoms with Gasteiger partial charge in [0.2, 0.25) is 5.91 Å². The van der Waals surface area contributed by atoms with Gasteiger partial charge in [0.15, 0.2) is 0 Å². The molecular weight excluding hydrogens is 448 g/mol. The number of imide groups is 1. The van der Waals surface area contributed by atoms with Crippen LogP contribution in [-0.4, -0.2) is 47.3 Å². The van der Waals surface area contributed by atoms with Crippen molar-refractivity contribution in [1.82, 2.24) is 20.9 Å². The molecule has 0 radical (unpaired) electrons. The Hall–Kier alpha value is -3.88. The van der Waals surface area contributed by atoms with Crippen LogP contribution in [0.2, 0.25) is 0 Å². The first kappa shape index (κ1) is 24.3. The van der Waals surface area contributed by atoms with Crippen molar-refractivity contribution < 1.29 is 23.9 Å². The minimum Gasteiger partial charge on any atom is -0.489 e. The maximum absolute atomic E-state index is 13.6. The molecule has 0 aromatic heterocycles. The number of carbonyl (C=O) groups excluding carboxylic acids is 4. The van der Waals surface area contributed by atoms with Crippen molar-refractivity contribution in [2.45, 2.75) is 51.8 Å². The highest BCUT2D eigenvalue weighted by molar-refractivity contribution is 6.07. The van der Waals surface area contributed by atoms with Crippen LogP contribution in [0.3, 0.4) is 0 Å². The van der Waals surface area contributed by atoms with E-state index in [1.807, 2.05) is 13.8 Å². The third kappa shape index (κ3) is 4.71. The molecular formula is C26H30N4O5. The summed E-state index contributed by atoms with van der Waals surface area (Å²) in [5.41, 5.74) is 1.55. The zero-order valence-electron chi connectivity index (χ0n) is 20.4. The molecule has 2 aliphatic rings. The molecule has 2 fully saturated rings. The van der Waals surface area contributed by atoms with Gasteiger partial charge in [-0.3, -0.25) is 19.7 Å². The van der Waals surface area contributed by atoms with E-state index < -0.39 is 23.0 Å². The van der Waals surface area contributed by atoms with E-state index in [1.165, 1.54) is 11.8 Å². The first-order valence-corrected chi connectivity index (χ1v) is 11.5. The van der Waals surface area contributed by atoms with E-state index in [9.17, 15) is 19.2 Å². The summed E-state index contributed by atoms with van der Waals surface area (Å²) < 4.78 is 5.96. The van der Waals surface area contributed by atoms with Gasteiger partial charge >= 0.3 is 6.03 Å². The lowest BCUT2D eigenvalue weighted by Gasteiger charge is -2.31. The number of aryl methyl sites for hydroxylation is 2. The first-order valence-electron chi connectivity index (χ1n) is 11.5. The van der Waals surface area contributed by atoms with E-state index >= 15 is 0 Å². The average Bonchev–Trinajstić information content (AvgIpc) is 3.23. The van der Waals surface area contributed by atoms with Crippen LogP contribution < -0.4 is 20.7 Å². The quantitative estimate of drug-likeness (QED) is 0.527. The van der Waals surface area contributed by atoms with E-state index in [0.29, 0.717) is 30.9 Å². The molecule has 3 N–H and O–H groups in total. The van der Waals surface area contributed by atoms with Crippen molar-refractivity contribution in [3.05, 3.63) is 64.7 Å². The van der Waals surface area contributed by atoms with Gasteiger partial charge in [-0.05, 0) is 49.6 Å². The van der Waals surface area contributed by atoms with Crippen molar-refractivity contribution in [2.24, 2.45) is 0 Å². The van der Waals surface area contributed by atoms with Crippen molar-refractivity contribution in [3.63, 3.8) is 0 Å². The smallest absolute Gasteiger partial charge is 0.322 e. The molecule has 184 valence electrons. The number of nitrogens with one attached hydrogen (secondary N) is 3. The Kier molecular flexibility index (Phi) is 6.27. The van der Waals surface area contributed by atoms with Crippen LogP contribution in [-0.2, 0) is 26.5 Å². The third-order valence-corrected chi connectivity index (χ3v) is 6.67. The highest BCUT2D eigenvalue weighted by Gasteiger charge is 2.52. The van der Waals surface area contributed by atoms with Crippen LogP contribution in [0.1, 0.15) is 42.5 Å². The molecule has 2 aromatic carbocycles. The summed E-state index contributed by atoms with van der Waals surface area (Å²) in [6.45, 7) is 7.76. The minimum atomic E-state index is -1.26. The maximum Gasteiger partial charge on any atom is 0.322 e. The van der Waals surface area contributed by atoms with Crippen molar-refractivity contribution in [3.8, 4) is 5.75 Å². The molecule has 0 bridgehead atoms. The Bertz CT molecular complexity index is 1190. The predicted molar refractivity (Wildman–Crippen MR) is 128 cm³/mol. The monoisotopic (exact) mass is 478 g/mol. The second-order valence-electron chi connectivity index (χ2n) is 9.55. The molecule has 2 aliphatic heterocycles. The molecule has 0 spiro atoms. The number of hydrogen-bond acceptors (Lipinski definition) is 5. The zero-order chi connectivity index (χ0) is 25.4. The van der Waals surface area contributed by atoms with Crippen LogP contribution in [0.25, 0.3) is 0 Å². The van der Waals surface area contributed by atoms with Crippen LogP contribution in [0, 0.1) is 13.8 Å². The molecule has 2 aromatic rings. The Balaban J connectivity index is 1.52. The van der Waals surface area contributed by atoms with Gasteiger partial charge in [-0.2, -0.15) is 0 Å². The molecule has 4 rings (SSSR count). The second-order valence-corrected chi connectivity index (χ2v) is 9.55. The molecule has 2 saturated heterocycles. The lowest BCUT2D eigenvalue weighted by atomic mass is 9.88. The molecule has 9 heteroatoms. The third-order valence-electron chi connectivity index (χ3n) is 6.67. The molecule has 9 nitrogen and oxygen atoms in total. The fourth-order valence-electron chi connectivity index (χ4n) is 4.71. The predicted octanol–water partition coefficient (Wildman–Crippen LogP) is 2.04. The number of benzene rings is 2. The molecule has 35 heavy (non-hydrogen) atoms. The van der Waals surface area contributed by atoms with Gasteiger partial charge in [-0.15, -0.1) is 0 Å². The lowest BCUT2D eigenvalue weighted by molar-refractivity contribution is -0.138. The Labute approximate surface area is 204 Å². The van der Waals surface area contributed by atoms with Crippen LogP contribution >= 0.6 is 0 Å². The molecule has 0 saturated carbocycles. The molecule has 5 amide bonds. The summed E-state index contributed by atoms with van der Waals surface area (Å²) in [5.74, 6) is -0.508. The van der Waals surface area contributed by atoms with Gasteiger partial charge in [0.05, 0.1) is 6.54 Å². The SMILES string of the molecule is CC(=O)NC1(c2ccc(OCc3cc(C)ccc3C)cc2)CCN(CC2(C)NC(=O)NC2=O)C1=O. The fraction of sp³-hybridized carbons (Fsp3) is 0.385. The Morgan fingerprint density at radius 3 is 2.46 bits per heavy atom. The number of amides is 5. The first-order chi connectivity index (χ1) is 16.5. The lowest BCUT2D eigenvalue weighted by Crippen LogP contribution is -2.56. The number of carbonyl (C=O) groups is 4. The van der Waals surface area contributed by atoms with Gasteiger partial charge in [-0.25, -0.2) is 4.79 Å². The van der Waals surface area contributed by atoms with E-state index in [1.54, 1.807) is 31.2 Å². The van der Waals surface area contributed by atoms with E-state index in [4.69, 9.17) is 4.74 Å². The van der Waals surface area contributed by atoms with Gasteiger partial charge < -0.3 is 20.3 Å². The normalized spacial score (nSPS) is 23.8. The van der Waals surface area contributed by atoms with Crippen LogP contribution in [0.4, 0.5) is 4.79 Å². The number of nitrogens with zero attached hydrogens (tertiary/aromatic N) is 1. The van der Waals surface area contributed by atoms with Crippen LogP contribution in [0.5, 0.6) is 5.75 Å². The zero-order valence-corrected chi connectivity index (χ0v) is 20.4. The standard InChI is InChI=1S/C26H30N4O5/c1-16-5-6-17(2)19(13-16)14-35-21-9-7-20(8-10-21)26(28-18(3)31)11-12-30(23(26)33)15-25(4)22(32)27-24(34)29-25/h5-10,13H,11-12,14-15H2,1-4H3,(H,28,31)(H2,27,29,32,34). The summed E-state index contributed by atoms with van der Waals surface area (Å²) in [4.78, 5) is 51.0. The van der Waals surface area contributed by atoms with E-state index in [-0.39, 0.29) is 18.4 Å². The minimum absolute atomic E-state index is 0.00177. The topological polar surface area (TPSA) is 117 Å². The highest BCUT2D eigenvalue weighted by Crippen LogP contribution is 2.35. The average molecular weight is 479 g/mol. The summed E-state index contributed by atoms with van der Waals surface area (Å²) >= 11 is 0. The number of ether oxygens (including phenoxy) is 1. The van der Waals surface area contributed by atoms with Crippen molar-refractivity contribution >= 4 is 23.8 Å². The Morgan fingerprint density at radius 2 is 1.83 bits per heavy atom. The maximum atomic E-state index is 13.6. The number of hydrogen-bond donors (Lipinski definition) is 3. The largest absolute Gasteiger partial charge is 0.489 e. The van der Waals surface area contributed by atoms with Crippen molar-refractivity contribution in [1.29, 1.82) is 0 Å². The van der Waals surface area contributed by atoms with Gasteiger partial charge in [0.25, 0.3) is 11.8 Å². The molecule has 2 atom stereocenters. The fourth-order valence-corrected chi connectivity index (χ4v) is 4.71. The summed E-state index contributed by atoms with van der Waals surface area (Å²) in [6.07, 6.45) is 0.333. The number of likely N-dealkylation sites (tertiary alicyclic amines) is 1. The van der Waals surface area contributed by atoms with Gasteiger partial charge in [0, 0.05) is 19.9 Å². The van der Waals surface area contributed by atoms with Crippen LogP contribution in [0.15, 0.2) is 42.5 Å². The Morgan fingerprint density at radius 1 is 1.11 bits per heavy atom. The summed E-state index contributed by atoms with van der Waals surface area (Å²) in [5, 5.41) is 7.63. The molecule has 2 heterocycles. The second kappa shape index (κ2) is 9.05. The summed E-state index contributed by atoms with van der Waals surface area (Å²) in [7, 11) is 0. The summed E-state index contributed by atoms with van der Waals surface area (Å²) in [6, 6.07) is 12.8. The van der Waals surface area contributed by atoms with Gasteiger partial charge in [0.1, 0.15) is 23.4 Å². The molecule has 0 aliphatic carbocycles. The molecule has 2 unspecified atom stereocenters. The van der Waals surface area contributed by atoms with E-state index in [2.05, 4.69) is 34.1 Å². The highest BCUT2D eigenvalue weighted by atomic mass is 16.5. The number of rotatable bonds is 7. The van der Waals surface area contributed by atoms with Gasteiger partial charge in [-0.1, -0.05) is 35.9 Å².